The second kappa shape index (κ2) is 6.25. The van der Waals surface area contributed by atoms with Gasteiger partial charge in [0.15, 0.2) is 9.84 Å². The van der Waals surface area contributed by atoms with Gasteiger partial charge in [-0.15, -0.1) is 12.4 Å². The SMILES string of the molecule is Cc1cc(C)c(S(=O)(=O)C2CCCNC2)c(C)c1.Cl. The van der Waals surface area contributed by atoms with Gasteiger partial charge in [0, 0.05) is 6.54 Å². The van der Waals surface area contributed by atoms with Crippen molar-refractivity contribution in [3.63, 3.8) is 0 Å². The number of sulfone groups is 1. The number of nitrogens with one attached hydrogen (secondary N) is 1. The van der Waals surface area contributed by atoms with E-state index >= 15 is 0 Å². The molecule has 1 aliphatic rings. The lowest BCUT2D eigenvalue weighted by molar-refractivity contribution is 0.496. The van der Waals surface area contributed by atoms with Crippen molar-refractivity contribution >= 4 is 22.2 Å². The highest BCUT2D eigenvalue weighted by Crippen LogP contribution is 2.27. The second-order valence-corrected chi connectivity index (χ2v) is 7.41. The van der Waals surface area contributed by atoms with E-state index in [1.54, 1.807) is 0 Å². The smallest absolute Gasteiger partial charge is 0.182 e. The zero-order valence-electron chi connectivity index (χ0n) is 11.7. The van der Waals surface area contributed by atoms with Crippen LogP contribution in [-0.2, 0) is 9.84 Å². The van der Waals surface area contributed by atoms with Gasteiger partial charge in [-0.2, -0.15) is 0 Å². The summed E-state index contributed by atoms with van der Waals surface area (Å²) in [7, 11) is -3.20. The molecule has 108 valence electrons. The Morgan fingerprint density at radius 3 is 2.21 bits per heavy atom. The Morgan fingerprint density at radius 2 is 1.74 bits per heavy atom. The predicted octanol–water partition coefficient (Wildman–Crippen LogP) is 2.56. The van der Waals surface area contributed by atoms with Crippen LogP contribution in [0.4, 0.5) is 0 Å². The fourth-order valence-electron chi connectivity index (χ4n) is 2.87. The van der Waals surface area contributed by atoms with Gasteiger partial charge in [0.25, 0.3) is 0 Å². The molecule has 0 aromatic heterocycles. The Labute approximate surface area is 122 Å². The summed E-state index contributed by atoms with van der Waals surface area (Å²) in [5, 5.41) is 2.91. The minimum Gasteiger partial charge on any atom is -0.315 e. The van der Waals surface area contributed by atoms with E-state index < -0.39 is 9.84 Å². The maximum absolute atomic E-state index is 12.7. The van der Waals surface area contributed by atoms with Crippen LogP contribution in [0.25, 0.3) is 0 Å². The molecule has 0 bridgehead atoms. The highest BCUT2D eigenvalue weighted by atomic mass is 35.5. The van der Waals surface area contributed by atoms with Crippen molar-refractivity contribution in [2.24, 2.45) is 0 Å². The summed E-state index contributed by atoms with van der Waals surface area (Å²) >= 11 is 0. The Bertz CT molecular complexity index is 526. The van der Waals surface area contributed by atoms with Gasteiger partial charge < -0.3 is 5.32 Å². The molecule has 1 unspecified atom stereocenters. The van der Waals surface area contributed by atoms with Crippen LogP contribution < -0.4 is 5.32 Å². The first kappa shape index (κ1) is 16.5. The average molecular weight is 304 g/mol. The van der Waals surface area contributed by atoms with Gasteiger partial charge in [-0.05, 0) is 51.3 Å². The van der Waals surface area contributed by atoms with Crippen molar-refractivity contribution < 1.29 is 8.42 Å². The molecule has 0 aliphatic carbocycles. The van der Waals surface area contributed by atoms with E-state index in [0.29, 0.717) is 11.4 Å². The van der Waals surface area contributed by atoms with Gasteiger partial charge >= 0.3 is 0 Å². The molecule has 1 heterocycles. The van der Waals surface area contributed by atoms with E-state index in [4.69, 9.17) is 0 Å². The van der Waals surface area contributed by atoms with Crippen LogP contribution >= 0.6 is 12.4 Å². The van der Waals surface area contributed by atoms with E-state index in [9.17, 15) is 8.42 Å². The Kier molecular flexibility index (Phi) is 5.42. The summed E-state index contributed by atoms with van der Waals surface area (Å²) in [5.74, 6) is 0. The Morgan fingerprint density at radius 1 is 1.16 bits per heavy atom. The summed E-state index contributed by atoms with van der Waals surface area (Å²) in [5.41, 5.74) is 2.86. The summed E-state index contributed by atoms with van der Waals surface area (Å²) in [6, 6.07) is 3.91. The number of hydrogen-bond donors (Lipinski definition) is 1. The molecule has 0 saturated carbocycles. The maximum Gasteiger partial charge on any atom is 0.182 e. The summed E-state index contributed by atoms with van der Waals surface area (Å²) in [6.07, 6.45) is 1.70. The number of halogens is 1. The van der Waals surface area contributed by atoms with Crippen LogP contribution in [0.1, 0.15) is 29.5 Å². The van der Waals surface area contributed by atoms with Gasteiger partial charge in [0.2, 0.25) is 0 Å². The van der Waals surface area contributed by atoms with E-state index in [1.165, 1.54) is 0 Å². The Hall–Kier alpha value is -0.580. The van der Waals surface area contributed by atoms with Crippen molar-refractivity contribution in [1.29, 1.82) is 0 Å². The number of piperidine rings is 1. The molecule has 1 atom stereocenters. The van der Waals surface area contributed by atoms with Gasteiger partial charge in [0.05, 0.1) is 10.1 Å². The molecule has 3 nitrogen and oxygen atoms in total. The van der Waals surface area contributed by atoms with Gasteiger partial charge in [-0.1, -0.05) is 17.7 Å². The van der Waals surface area contributed by atoms with E-state index in [2.05, 4.69) is 5.32 Å². The molecule has 19 heavy (non-hydrogen) atoms. The first-order chi connectivity index (χ1) is 8.43. The maximum atomic E-state index is 12.7. The van der Waals surface area contributed by atoms with Crippen LogP contribution in [0.2, 0.25) is 0 Å². The summed E-state index contributed by atoms with van der Waals surface area (Å²) < 4.78 is 25.4. The average Bonchev–Trinajstić information content (AvgIpc) is 2.28. The molecular formula is C14H22ClNO2S. The lowest BCUT2D eigenvalue weighted by atomic mass is 10.1. The lowest BCUT2D eigenvalue weighted by Crippen LogP contribution is -2.39. The zero-order valence-corrected chi connectivity index (χ0v) is 13.3. The van der Waals surface area contributed by atoms with Gasteiger partial charge in [-0.25, -0.2) is 8.42 Å². The molecule has 1 fully saturated rings. The molecule has 1 aromatic carbocycles. The van der Waals surface area contributed by atoms with E-state index in [1.807, 2.05) is 32.9 Å². The molecule has 1 saturated heterocycles. The van der Waals surface area contributed by atoms with Gasteiger partial charge in [0.1, 0.15) is 0 Å². The Balaban J connectivity index is 0.00000180. The molecule has 1 N–H and O–H groups in total. The van der Waals surface area contributed by atoms with Crippen molar-refractivity contribution in [3.05, 3.63) is 28.8 Å². The predicted molar refractivity (Wildman–Crippen MR) is 81.0 cm³/mol. The largest absolute Gasteiger partial charge is 0.315 e. The summed E-state index contributed by atoms with van der Waals surface area (Å²) in [6.45, 7) is 7.29. The normalized spacial score (nSPS) is 19.8. The van der Waals surface area contributed by atoms with Gasteiger partial charge in [-0.3, -0.25) is 0 Å². The number of aryl methyl sites for hydroxylation is 3. The standard InChI is InChI=1S/C14H21NO2S.ClH/c1-10-7-11(2)14(12(3)8-10)18(16,17)13-5-4-6-15-9-13;/h7-8,13,15H,4-6,9H2,1-3H3;1H. The highest BCUT2D eigenvalue weighted by Gasteiger charge is 2.31. The minimum absolute atomic E-state index is 0. The van der Waals surface area contributed by atoms with Crippen molar-refractivity contribution in [2.45, 2.75) is 43.8 Å². The molecule has 0 radical (unpaired) electrons. The van der Waals surface area contributed by atoms with Crippen molar-refractivity contribution in [3.8, 4) is 0 Å². The minimum atomic E-state index is -3.20. The zero-order chi connectivity index (χ0) is 13.3. The molecule has 0 amide bonds. The fourth-order valence-corrected chi connectivity index (χ4v) is 5.03. The van der Waals surface area contributed by atoms with Crippen LogP contribution in [0.5, 0.6) is 0 Å². The van der Waals surface area contributed by atoms with Crippen LogP contribution in [0.3, 0.4) is 0 Å². The number of benzene rings is 1. The molecule has 1 aliphatic heterocycles. The molecular weight excluding hydrogens is 282 g/mol. The third-order valence-electron chi connectivity index (χ3n) is 3.58. The first-order valence-electron chi connectivity index (χ1n) is 6.45. The molecule has 0 spiro atoms. The number of rotatable bonds is 2. The molecule has 5 heteroatoms. The second-order valence-electron chi connectivity index (χ2n) is 5.24. The van der Waals surface area contributed by atoms with Crippen molar-refractivity contribution in [1.82, 2.24) is 5.32 Å². The first-order valence-corrected chi connectivity index (χ1v) is 8.00. The van der Waals surface area contributed by atoms with Crippen LogP contribution in [-0.4, -0.2) is 26.8 Å². The van der Waals surface area contributed by atoms with Crippen LogP contribution in [0.15, 0.2) is 17.0 Å². The van der Waals surface area contributed by atoms with E-state index in [-0.39, 0.29) is 17.7 Å². The quantitative estimate of drug-likeness (QED) is 0.913. The van der Waals surface area contributed by atoms with Crippen molar-refractivity contribution in [2.75, 3.05) is 13.1 Å². The highest BCUT2D eigenvalue weighted by molar-refractivity contribution is 7.92. The lowest BCUT2D eigenvalue weighted by Gasteiger charge is -2.24. The topological polar surface area (TPSA) is 46.2 Å². The fraction of sp³-hybridized carbons (Fsp3) is 0.571. The van der Waals surface area contributed by atoms with Crippen LogP contribution in [0, 0.1) is 20.8 Å². The number of hydrogen-bond acceptors (Lipinski definition) is 3. The molecule has 2 rings (SSSR count). The third kappa shape index (κ3) is 3.30. The molecule has 1 aromatic rings. The third-order valence-corrected chi connectivity index (χ3v) is 6.07. The summed E-state index contributed by atoms with van der Waals surface area (Å²) in [4.78, 5) is 0.543. The van der Waals surface area contributed by atoms with E-state index in [0.717, 1.165) is 36.1 Å². The monoisotopic (exact) mass is 303 g/mol.